The lowest BCUT2D eigenvalue weighted by molar-refractivity contribution is -0.128. The van der Waals surface area contributed by atoms with E-state index in [0.717, 1.165) is 38.0 Å². The van der Waals surface area contributed by atoms with Gasteiger partial charge in [-0.15, -0.1) is 0 Å². The van der Waals surface area contributed by atoms with Crippen molar-refractivity contribution in [2.24, 2.45) is 11.7 Å². The van der Waals surface area contributed by atoms with Crippen LogP contribution in [0.5, 0.6) is 0 Å². The molecule has 0 aromatic carbocycles. The van der Waals surface area contributed by atoms with Crippen LogP contribution in [-0.4, -0.2) is 17.5 Å². The molecule has 0 spiro atoms. The van der Waals surface area contributed by atoms with Gasteiger partial charge >= 0.3 is 0 Å². The van der Waals surface area contributed by atoms with Crippen LogP contribution in [0, 0.1) is 5.92 Å². The van der Waals surface area contributed by atoms with Crippen LogP contribution >= 0.6 is 0 Å². The van der Waals surface area contributed by atoms with Gasteiger partial charge in [0.25, 0.3) is 0 Å². The Hall–Kier alpha value is -0.570. The number of carbonyl (C=O) groups excluding carboxylic acids is 1. The van der Waals surface area contributed by atoms with E-state index < -0.39 is 5.54 Å². The van der Waals surface area contributed by atoms with Crippen LogP contribution in [0.3, 0.4) is 0 Å². The molecule has 3 nitrogen and oxygen atoms in total. The smallest absolute Gasteiger partial charge is 0.240 e. The standard InChI is InChI=1S/C13H24N2O/c1-10(9-11-5-6-11)15-12(16)13(14)7-3-2-4-8-13/h10-11H,2-9,14H2,1H3,(H,15,16). The van der Waals surface area contributed by atoms with Crippen LogP contribution < -0.4 is 11.1 Å². The lowest BCUT2D eigenvalue weighted by Crippen LogP contribution is -2.56. The average molecular weight is 224 g/mol. The molecule has 0 aromatic heterocycles. The van der Waals surface area contributed by atoms with E-state index in [4.69, 9.17) is 5.73 Å². The highest BCUT2D eigenvalue weighted by Crippen LogP contribution is 2.33. The lowest BCUT2D eigenvalue weighted by atomic mass is 9.81. The Labute approximate surface area is 98.2 Å². The first-order valence-corrected chi connectivity index (χ1v) is 6.70. The van der Waals surface area contributed by atoms with Gasteiger partial charge < -0.3 is 11.1 Å². The Morgan fingerprint density at radius 3 is 2.56 bits per heavy atom. The van der Waals surface area contributed by atoms with Crippen molar-refractivity contribution >= 4 is 5.91 Å². The Morgan fingerprint density at radius 1 is 1.38 bits per heavy atom. The number of hydrogen-bond donors (Lipinski definition) is 2. The Bertz CT molecular complexity index is 255. The number of hydrogen-bond acceptors (Lipinski definition) is 2. The highest BCUT2D eigenvalue weighted by molar-refractivity contribution is 5.86. The number of rotatable bonds is 4. The monoisotopic (exact) mass is 224 g/mol. The van der Waals surface area contributed by atoms with Crippen molar-refractivity contribution in [2.75, 3.05) is 0 Å². The normalized spacial score (nSPS) is 26.1. The first kappa shape index (κ1) is 11.9. The van der Waals surface area contributed by atoms with Gasteiger partial charge in [-0.1, -0.05) is 32.1 Å². The summed E-state index contributed by atoms with van der Waals surface area (Å²) in [5, 5.41) is 3.10. The lowest BCUT2D eigenvalue weighted by Gasteiger charge is -2.33. The third-order valence-corrected chi connectivity index (χ3v) is 3.96. The van der Waals surface area contributed by atoms with Crippen molar-refractivity contribution in [1.29, 1.82) is 0 Å². The maximum absolute atomic E-state index is 12.1. The van der Waals surface area contributed by atoms with E-state index in [2.05, 4.69) is 12.2 Å². The summed E-state index contributed by atoms with van der Waals surface area (Å²) in [5.41, 5.74) is 5.61. The molecule has 92 valence electrons. The van der Waals surface area contributed by atoms with Crippen LogP contribution in [0.15, 0.2) is 0 Å². The second-order valence-electron chi connectivity index (χ2n) is 5.77. The Kier molecular flexibility index (Phi) is 3.53. The molecule has 3 heteroatoms. The van der Waals surface area contributed by atoms with Gasteiger partial charge in [-0.2, -0.15) is 0 Å². The molecule has 0 heterocycles. The molecule has 2 aliphatic rings. The number of nitrogens with one attached hydrogen (secondary N) is 1. The molecule has 1 amide bonds. The zero-order valence-electron chi connectivity index (χ0n) is 10.3. The van der Waals surface area contributed by atoms with E-state index in [9.17, 15) is 4.79 Å². The fourth-order valence-corrected chi connectivity index (χ4v) is 2.69. The number of carbonyl (C=O) groups is 1. The SMILES string of the molecule is CC(CC1CC1)NC(=O)C1(N)CCCCC1. The third kappa shape index (κ3) is 2.97. The second kappa shape index (κ2) is 4.74. The Balaban J connectivity index is 1.80. The molecule has 0 bridgehead atoms. The predicted octanol–water partition coefficient (Wildman–Crippen LogP) is 1.95. The fourth-order valence-electron chi connectivity index (χ4n) is 2.69. The van der Waals surface area contributed by atoms with Crippen molar-refractivity contribution in [3.8, 4) is 0 Å². The number of amides is 1. The molecular formula is C13H24N2O. The van der Waals surface area contributed by atoms with Crippen LogP contribution in [0.1, 0.15) is 58.3 Å². The molecule has 0 aromatic rings. The van der Waals surface area contributed by atoms with Crippen molar-refractivity contribution < 1.29 is 4.79 Å². The van der Waals surface area contributed by atoms with Crippen molar-refractivity contribution in [3.63, 3.8) is 0 Å². The molecule has 2 saturated carbocycles. The summed E-state index contributed by atoms with van der Waals surface area (Å²) >= 11 is 0. The molecule has 0 saturated heterocycles. The second-order valence-corrected chi connectivity index (χ2v) is 5.77. The van der Waals surface area contributed by atoms with Gasteiger partial charge in [0.2, 0.25) is 5.91 Å². The van der Waals surface area contributed by atoms with E-state index in [1.54, 1.807) is 0 Å². The third-order valence-electron chi connectivity index (χ3n) is 3.96. The van der Waals surface area contributed by atoms with Crippen LogP contribution in [0.4, 0.5) is 0 Å². The fraction of sp³-hybridized carbons (Fsp3) is 0.923. The molecule has 3 N–H and O–H groups in total. The van der Waals surface area contributed by atoms with E-state index in [0.29, 0.717) is 6.04 Å². The molecule has 2 rings (SSSR count). The Morgan fingerprint density at radius 2 is 2.00 bits per heavy atom. The zero-order valence-corrected chi connectivity index (χ0v) is 10.3. The van der Waals surface area contributed by atoms with Crippen molar-refractivity contribution in [2.45, 2.75) is 69.9 Å². The summed E-state index contributed by atoms with van der Waals surface area (Å²) < 4.78 is 0. The first-order chi connectivity index (χ1) is 7.60. The van der Waals surface area contributed by atoms with E-state index in [1.165, 1.54) is 19.3 Å². The molecule has 2 fully saturated rings. The largest absolute Gasteiger partial charge is 0.352 e. The highest BCUT2D eigenvalue weighted by atomic mass is 16.2. The average Bonchev–Trinajstić information content (AvgIpc) is 3.02. The zero-order chi connectivity index (χ0) is 11.6. The minimum Gasteiger partial charge on any atom is -0.352 e. The van der Waals surface area contributed by atoms with Crippen molar-refractivity contribution in [1.82, 2.24) is 5.32 Å². The van der Waals surface area contributed by atoms with Crippen LogP contribution in [0.2, 0.25) is 0 Å². The summed E-state index contributed by atoms with van der Waals surface area (Å²) in [7, 11) is 0. The molecule has 2 aliphatic carbocycles. The maximum atomic E-state index is 12.1. The minimum atomic E-state index is -0.573. The van der Waals surface area contributed by atoms with Gasteiger partial charge in [0.05, 0.1) is 5.54 Å². The van der Waals surface area contributed by atoms with Gasteiger partial charge in [-0.05, 0) is 32.1 Å². The summed E-state index contributed by atoms with van der Waals surface area (Å²) in [6.07, 6.45) is 8.94. The molecule has 0 radical (unpaired) electrons. The topological polar surface area (TPSA) is 55.1 Å². The van der Waals surface area contributed by atoms with Gasteiger partial charge in [-0.25, -0.2) is 0 Å². The molecule has 1 unspecified atom stereocenters. The van der Waals surface area contributed by atoms with Gasteiger partial charge in [0, 0.05) is 6.04 Å². The van der Waals surface area contributed by atoms with E-state index in [1.807, 2.05) is 0 Å². The van der Waals surface area contributed by atoms with Gasteiger partial charge in [0.1, 0.15) is 0 Å². The summed E-state index contributed by atoms with van der Waals surface area (Å²) in [6, 6.07) is 0.294. The molecule has 0 aliphatic heterocycles. The van der Waals surface area contributed by atoms with E-state index >= 15 is 0 Å². The summed E-state index contributed by atoms with van der Waals surface area (Å²) in [4.78, 5) is 12.1. The van der Waals surface area contributed by atoms with Crippen molar-refractivity contribution in [3.05, 3.63) is 0 Å². The van der Waals surface area contributed by atoms with Crippen LogP contribution in [-0.2, 0) is 4.79 Å². The quantitative estimate of drug-likeness (QED) is 0.767. The van der Waals surface area contributed by atoms with Crippen LogP contribution in [0.25, 0.3) is 0 Å². The molecular weight excluding hydrogens is 200 g/mol. The predicted molar refractivity (Wildman–Crippen MR) is 64.9 cm³/mol. The van der Waals surface area contributed by atoms with Gasteiger partial charge in [0.15, 0.2) is 0 Å². The summed E-state index contributed by atoms with van der Waals surface area (Å²) in [6.45, 7) is 2.10. The molecule has 16 heavy (non-hydrogen) atoms. The maximum Gasteiger partial charge on any atom is 0.240 e. The molecule has 1 atom stereocenters. The summed E-state index contributed by atoms with van der Waals surface area (Å²) in [5.74, 6) is 0.940. The minimum absolute atomic E-state index is 0.0837. The highest BCUT2D eigenvalue weighted by Gasteiger charge is 2.36. The van der Waals surface area contributed by atoms with E-state index in [-0.39, 0.29) is 5.91 Å². The first-order valence-electron chi connectivity index (χ1n) is 6.70. The number of nitrogens with two attached hydrogens (primary N) is 1. The van der Waals surface area contributed by atoms with Gasteiger partial charge in [-0.3, -0.25) is 4.79 Å².